The molecule has 10 heteroatoms. The van der Waals surface area contributed by atoms with Gasteiger partial charge in [-0.15, -0.1) is 10.2 Å². The normalized spacial score (nSPS) is 12.4. The lowest BCUT2D eigenvalue weighted by Crippen LogP contribution is -2.27. The predicted octanol–water partition coefficient (Wildman–Crippen LogP) is 5.75. The maximum Gasteiger partial charge on any atom is 0.240 e. The van der Waals surface area contributed by atoms with Crippen LogP contribution < -0.4 is 10.0 Å². The van der Waals surface area contributed by atoms with Crippen molar-refractivity contribution in [2.24, 2.45) is 0 Å². The summed E-state index contributed by atoms with van der Waals surface area (Å²) >= 11 is 8.77. The van der Waals surface area contributed by atoms with Crippen LogP contribution in [0.2, 0.25) is 5.02 Å². The molecule has 1 atom stereocenters. The number of sulfonamides is 1. The molecule has 3 aromatic carbocycles. The van der Waals surface area contributed by atoms with Gasteiger partial charge in [-0.05, 0) is 42.0 Å². The highest BCUT2D eigenvalue weighted by molar-refractivity contribution is 8.01. The second-order valence-electron chi connectivity index (χ2n) is 6.69. The van der Waals surface area contributed by atoms with E-state index in [1.165, 1.54) is 35.2 Å². The number of nitrogens with one attached hydrogen (secondary N) is 2. The highest BCUT2D eigenvalue weighted by Gasteiger charge is 2.21. The molecule has 2 N–H and O–H groups in total. The molecule has 0 aliphatic carbocycles. The Morgan fingerprint density at radius 1 is 0.906 bits per heavy atom. The van der Waals surface area contributed by atoms with Gasteiger partial charge in [0, 0.05) is 17.3 Å². The lowest BCUT2D eigenvalue weighted by atomic mass is 10.1. The molecular formula is C22H19ClN4O2S3. The summed E-state index contributed by atoms with van der Waals surface area (Å²) in [5.41, 5.74) is 1.92. The second kappa shape index (κ2) is 10.5. The third-order valence-electron chi connectivity index (χ3n) is 4.43. The minimum absolute atomic E-state index is 0.170. The maximum absolute atomic E-state index is 12.7. The Hall–Kier alpha value is -2.43. The summed E-state index contributed by atoms with van der Waals surface area (Å²) in [6.45, 7) is 0.195. The van der Waals surface area contributed by atoms with Gasteiger partial charge in [0.05, 0.1) is 10.1 Å². The molecule has 164 valence electrons. The van der Waals surface area contributed by atoms with E-state index in [0.29, 0.717) is 10.2 Å². The Labute approximate surface area is 200 Å². The summed E-state index contributed by atoms with van der Waals surface area (Å²) in [5.74, 6) is 0. The summed E-state index contributed by atoms with van der Waals surface area (Å²) < 4.78 is 28.9. The van der Waals surface area contributed by atoms with Crippen LogP contribution in [0.3, 0.4) is 0 Å². The highest BCUT2D eigenvalue weighted by Crippen LogP contribution is 2.38. The van der Waals surface area contributed by atoms with Gasteiger partial charge >= 0.3 is 0 Å². The molecule has 1 heterocycles. The fraction of sp³-hybridized carbons (Fsp3) is 0.0909. The quantitative estimate of drug-likeness (QED) is 0.284. The highest BCUT2D eigenvalue weighted by atomic mass is 35.5. The van der Waals surface area contributed by atoms with Gasteiger partial charge in [-0.2, -0.15) is 0 Å². The zero-order chi connectivity index (χ0) is 22.4. The van der Waals surface area contributed by atoms with Crippen LogP contribution in [0.4, 0.5) is 10.8 Å². The topological polar surface area (TPSA) is 84.0 Å². The van der Waals surface area contributed by atoms with Gasteiger partial charge in [-0.3, -0.25) is 0 Å². The Kier molecular flexibility index (Phi) is 7.44. The molecule has 0 saturated heterocycles. The first-order valence-corrected chi connectivity index (χ1v) is 13.2. The lowest BCUT2D eigenvalue weighted by Gasteiger charge is -2.16. The van der Waals surface area contributed by atoms with Crippen LogP contribution in [0.25, 0.3) is 0 Å². The lowest BCUT2D eigenvalue weighted by molar-refractivity contribution is 0.581. The van der Waals surface area contributed by atoms with E-state index in [2.05, 4.69) is 20.2 Å². The van der Waals surface area contributed by atoms with E-state index in [9.17, 15) is 8.42 Å². The first-order chi connectivity index (χ1) is 15.5. The molecular weight excluding hydrogens is 484 g/mol. The number of halogens is 1. The molecule has 0 unspecified atom stereocenters. The van der Waals surface area contributed by atoms with E-state index in [1.807, 2.05) is 60.7 Å². The Balaban J connectivity index is 1.49. The molecule has 0 amide bonds. The zero-order valence-corrected chi connectivity index (χ0v) is 19.9. The zero-order valence-electron chi connectivity index (χ0n) is 16.7. The van der Waals surface area contributed by atoms with Gasteiger partial charge in [0.25, 0.3) is 0 Å². The molecule has 4 rings (SSSR count). The van der Waals surface area contributed by atoms with Crippen LogP contribution in [0.15, 0.2) is 94.2 Å². The van der Waals surface area contributed by atoms with E-state index in [-0.39, 0.29) is 16.7 Å². The van der Waals surface area contributed by atoms with Gasteiger partial charge in [0.15, 0.2) is 4.34 Å². The van der Waals surface area contributed by atoms with Crippen molar-refractivity contribution in [2.75, 3.05) is 11.9 Å². The van der Waals surface area contributed by atoms with Crippen LogP contribution in [-0.2, 0) is 10.0 Å². The number of thioether (sulfide) groups is 1. The molecule has 32 heavy (non-hydrogen) atoms. The predicted molar refractivity (Wildman–Crippen MR) is 131 cm³/mol. The average Bonchev–Trinajstić information content (AvgIpc) is 3.25. The first kappa shape index (κ1) is 22.8. The number of para-hydroxylation sites is 1. The van der Waals surface area contributed by atoms with Crippen LogP contribution in [-0.4, -0.2) is 25.2 Å². The van der Waals surface area contributed by atoms with Crippen molar-refractivity contribution in [1.82, 2.24) is 14.9 Å². The van der Waals surface area contributed by atoms with Crippen LogP contribution >= 0.6 is 34.7 Å². The van der Waals surface area contributed by atoms with Crippen molar-refractivity contribution in [3.05, 3.63) is 95.5 Å². The van der Waals surface area contributed by atoms with E-state index in [1.54, 1.807) is 12.1 Å². The van der Waals surface area contributed by atoms with Crippen LogP contribution in [0, 0.1) is 0 Å². The van der Waals surface area contributed by atoms with Crippen LogP contribution in [0.5, 0.6) is 0 Å². The number of benzene rings is 3. The molecule has 6 nitrogen and oxygen atoms in total. The molecule has 0 aliphatic heterocycles. The Morgan fingerprint density at radius 2 is 1.56 bits per heavy atom. The number of anilines is 2. The SMILES string of the molecule is O=S(=O)(NC[C@@H](Sc1nnc(Nc2ccccc2)s1)c1ccccc1)c1ccc(Cl)cc1. The number of hydrogen-bond donors (Lipinski definition) is 2. The van der Waals surface area contributed by atoms with E-state index < -0.39 is 10.0 Å². The molecule has 1 aromatic heterocycles. The molecule has 0 spiro atoms. The number of aromatic nitrogens is 2. The number of rotatable bonds is 9. The van der Waals surface area contributed by atoms with Crippen molar-refractivity contribution in [1.29, 1.82) is 0 Å². The van der Waals surface area contributed by atoms with Crippen molar-refractivity contribution in [3.63, 3.8) is 0 Å². The summed E-state index contributed by atoms with van der Waals surface area (Å²) in [6.07, 6.45) is 0. The smallest absolute Gasteiger partial charge is 0.240 e. The molecule has 0 fully saturated rings. The monoisotopic (exact) mass is 502 g/mol. The Morgan fingerprint density at radius 3 is 2.25 bits per heavy atom. The van der Waals surface area contributed by atoms with E-state index >= 15 is 0 Å². The van der Waals surface area contributed by atoms with Crippen molar-refractivity contribution >= 4 is 55.5 Å². The summed E-state index contributed by atoms with van der Waals surface area (Å²) in [7, 11) is -3.67. The molecule has 4 aromatic rings. The minimum atomic E-state index is -3.67. The third kappa shape index (κ3) is 6.08. The maximum atomic E-state index is 12.7. The molecule has 0 saturated carbocycles. The van der Waals surface area contributed by atoms with Gasteiger partial charge < -0.3 is 5.32 Å². The summed E-state index contributed by atoms with van der Waals surface area (Å²) in [6, 6.07) is 25.5. The fourth-order valence-corrected chi connectivity index (χ4v) is 6.20. The molecule has 0 bridgehead atoms. The second-order valence-corrected chi connectivity index (χ2v) is 11.3. The number of nitrogens with zero attached hydrogens (tertiary/aromatic N) is 2. The van der Waals surface area contributed by atoms with Gasteiger partial charge in [0.1, 0.15) is 0 Å². The van der Waals surface area contributed by atoms with Crippen molar-refractivity contribution in [3.8, 4) is 0 Å². The Bertz CT molecular complexity index is 1250. The van der Waals surface area contributed by atoms with Gasteiger partial charge in [-0.1, -0.05) is 83.2 Å². The third-order valence-corrected chi connectivity index (χ3v) is 8.30. The van der Waals surface area contributed by atoms with Crippen molar-refractivity contribution < 1.29 is 8.42 Å². The largest absolute Gasteiger partial charge is 0.330 e. The van der Waals surface area contributed by atoms with E-state index in [0.717, 1.165) is 15.6 Å². The van der Waals surface area contributed by atoms with Crippen LogP contribution in [0.1, 0.15) is 10.8 Å². The fourth-order valence-electron chi connectivity index (χ4n) is 2.85. The standard InChI is InChI=1S/C22H19ClN4O2S3/c23-17-11-13-19(14-12-17)32(28,29)24-15-20(16-7-3-1-4-8-16)30-22-27-26-21(31-22)25-18-9-5-2-6-10-18/h1-14,20,24H,15H2,(H,25,26)/t20-/m1/s1. The molecule has 0 radical (unpaired) electrons. The van der Waals surface area contributed by atoms with Crippen molar-refractivity contribution in [2.45, 2.75) is 14.5 Å². The average molecular weight is 503 g/mol. The minimum Gasteiger partial charge on any atom is -0.330 e. The number of hydrogen-bond acceptors (Lipinski definition) is 7. The van der Waals surface area contributed by atoms with Gasteiger partial charge in [0.2, 0.25) is 15.2 Å². The van der Waals surface area contributed by atoms with E-state index in [4.69, 9.17) is 11.6 Å². The summed E-state index contributed by atoms with van der Waals surface area (Å²) in [4.78, 5) is 0.170. The summed E-state index contributed by atoms with van der Waals surface area (Å²) in [5, 5.41) is 12.7. The van der Waals surface area contributed by atoms with Gasteiger partial charge in [-0.25, -0.2) is 13.1 Å². The first-order valence-electron chi connectivity index (χ1n) is 9.62. The molecule has 0 aliphatic rings.